The van der Waals surface area contributed by atoms with Gasteiger partial charge in [-0.15, -0.1) is 24.0 Å². The summed E-state index contributed by atoms with van der Waals surface area (Å²) in [4.78, 5) is 20.2. The van der Waals surface area contributed by atoms with E-state index >= 15 is 0 Å². The first-order valence-electron chi connectivity index (χ1n) is 8.17. The van der Waals surface area contributed by atoms with Crippen molar-refractivity contribution in [3.05, 3.63) is 0 Å². The van der Waals surface area contributed by atoms with Crippen molar-refractivity contribution in [1.82, 2.24) is 15.1 Å². The van der Waals surface area contributed by atoms with Gasteiger partial charge in [-0.05, 0) is 31.6 Å². The summed E-state index contributed by atoms with van der Waals surface area (Å²) in [5.74, 6) is 2.63. The van der Waals surface area contributed by atoms with E-state index in [1.807, 2.05) is 0 Å². The van der Waals surface area contributed by atoms with Crippen LogP contribution in [0.3, 0.4) is 0 Å². The molecule has 0 radical (unpaired) electrons. The molecular weight excluding hydrogens is 391 g/mol. The minimum absolute atomic E-state index is 0. The molecule has 1 heterocycles. The average Bonchev–Trinajstić information content (AvgIpc) is 2.84. The van der Waals surface area contributed by atoms with Crippen LogP contribution in [-0.2, 0) is 4.79 Å². The van der Waals surface area contributed by atoms with Crippen molar-refractivity contribution in [2.24, 2.45) is 16.8 Å². The number of hydrogen-bond donors (Lipinski definition) is 1. The second-order valence-electron chi connectivity index (χ2n) is 6.50. The third-order valence-electron chi connectivity index (χ3n) is 3.81. The lowest BCUT2D eigenvalue weighted by molar-refractivity contribution is -0.128. The predicted octanol–water partition coefficient (Wildman–Crippen LogP) is 2.42. The smallest absolute Gasteiger partial charge is 0.223 e. The van der Waals surface area contributed by atoms with Crippen LogP contribution in [0, 0.1) is 11.8 Å². The Morgan fingerprint density at radius 1 is 1.41 bits per heavy atom. The van der Waals surface area contributed by atoms with E-state index in [1.54, 1.807) is 19.0 Å². The van der Waals surface area contributed by atoms with Crippen LogP contribution in [0.2, 0.25) is 0 Å². The zero-order chi connectivity index (χ0) is 15.8. The van der Waals surface area contributed by atoms with E-state index in [2.05, 4.69) is 36.0 Å². The summed E-state index contributed by atoms with van der Waals surface area (Å²) < 4.78 is 0. The van der Waals surface area contributed by atoms with Crippen LogP contribution in [0.5, 0.6) is 0 Å². The van der Waals surface area contributed by atoms with Crippen molar-refractivity contribution in [2.75, 3.05) is 40.3 Å². The van der Waals surface area contributed by atoms with Crippen LogP contribution >= 0.6 is 24.0 Å². The molecule has 0 aromatic heterocycles. The van der Waals surface area contributed by atoms with E-state index in [1.165, 1.54) is 12.8 Å². The molecule has 5 nitrogen and oxygen atoms in total. The Morgan fingerprint density at radius 2 is 2.09 bits per heavy atom. The maximum absolute atomic E-state index is 11.6. The summed E-state index contributed by atoms with van der Waals surface area (Å²) in [6.45, 7) is 10.2. The Labute approximate surface area is 152 Å². The molecule has 1 rings (SSSR count). The van der Waals surface area contributed by atoms with E-state index in [0.717, 1.165) is 37.4 Å². The van der Waals surface area contributed by atoms with E-state index in [4.69, 9.17) is 0 Å². The minimum Gasteiger partial charge on any atom is -0.357 e. The largest absolute Gasteiger partial charge is 0.357 e. The van der Waals surface area contributed by atoms with Gasteiger partial charge in [0.05, 0.1) is 6.54 Å². The highest BCUT2D eigenvalue weighted by molar-refractivity contribution is 14.0. The van der Waals surface area contributed by atoms with Crippen molar-refractivity contribution >= 4 is 35.8 Å². The van der Waals surface area contributed by atoms with Crippen LogP contribution in [0.15, 0.2) is 4.99 Å². The average molecular weight is 424 g/mol. The van der Waals surface area contributed by atoms with Crippen LogP contribution in [0.4, 0.5) is 0 Å². The number of rotatable bonds is 6. The number of nitrogens with zero attached hydrogens (tertiary/aromatic N) is 3. The van der Waals surface area contributed by atoms with E-state index in [0.29, 0.717) is 13.0 Å². The number of likely N-dealkylation sites (tertiary alicyclic amines) is 1. The van der Waals surface area contributed by atoms with Gasteiger partial charge in [-0.3, -0.25) is 9.79 Å². The van der Waals surface area contributed by atoms with Crippen LogP contribution < -0.4 is 5.32 Å². The van der Waals surface area contributed by atoms with Crippen molar-refractivity contribution in [3.8, 4) is 0 Å². The lowest BCUT2D eigenvalue weighted by Crippen LogP contribution is -2.40. The van der Waals surface area contributed by atoms with Crippen molar-refractivity contribution in [1.29, 1.82) is 0 Å². The van der Waals surface area contributed by atoms with Gasteiger partial charge in [-0.25, -0.2) is 0 Å². The molecule has 0 aromatic rings. The first kappa shape index (κ1) is 21.5. The molecule has 130 valence electrons. The summed E-state index contributed by atoms with van der Waals surface area (Å²) in [6, 6.07) is 0. The van der Waals surface area contributed by atoms with Gasteiger partial charge >= 0.3 is 0 Å². The fourth-order valence-corrected chi connectivity index (χ4v) is 2.79. The van der Waals surface area contributed by atoms with Gasteiger partial charge in [-0.1, -0.05) is 13.8 Å². The highest BCUT2D eigenvalue weighted by Gasteiger charge is 2.25. The highest BCUT2D eigenvalue weighted by atomic mass is 127. The molecule has 0 spiro atoms. The number of carbonyl (C=O) groups excluding carboxylic acids is 1. The molecule has 22 heavy (non-hydrogen) atoms. The second-order valence-corrected chi connectivity index (χ2v) is 6.50. The summed E-state index contributed by atoms with van der Waals surface area (Å²) in [5.41, 5.74) is 0. The molecule has 1 N–H and O–H groups in total. The first-order valence-corrected chi connectivity index (χ1v) is 8.17. The molecule has 1 amide bonds. The van der Waals surface area contributed by atoms with E-state index < -0.39 is 0 Å². The summed E-state index contributed by atoms with van der Waals surface area (Å²) >= 11 is 0. The zero-order valence-electron chi connectivity index (χ0n) is 14.8. The van der Waals surface area contributed by atoms with E-state index in [-0.39, 0.29) is 29.9 Å². The molecule has 0 bridgehead atoms. The van der Waals surface area contributed by atoms with Crippen LogP contribution in [0.1, 0.15) is 40.0 Å². The molecule has 0 aliphatic carbocycles. The summed E-state index contributed by atoms with van der Waals surface area (Å²) in [5, 5.41) is 3.35. The topological polar surface area (TPSA) is 47.9 Å². The van der Waals surface area contributed by atoms with Gasteiger partial charge < -0.3 is 15.1 Å². The van der Waals surface area contributed by atoms with Gasteiger partial charge in [-0.2, -0.15) is 0 Å². The van der Waals surface area contributed by atoms with Crippen molar-refractivity contribution in [3.63, 3.8) is 0 Å². The number of halogens is 1. The zero-order valence-corrected chi connectivity index (χ0v) is 17.1. The standard InChI is InChI=1S/C16H32N4O.HI/c1-6-17-16(18-9-7-15(21)19(4)5)20-10-8-14(12-20)11-13(2)3;/h13-14H,6-12H2,1-5H3,(H,17,18);1H. The molecule has 1 aliphatic rings. The van der Waals surface area contributed by atoms with E-state index in [9.17, 15) is 4.79 Å². The quantitative estimate of drug-likeness (QED) is 0.405. The van der Waals surface area contributed by atoms with Gasteiger partial charge in [0.25, 0.3) is 0 Å². The SMILES string of the molecule is CCNC(=NCCC(=O)N(C)C)N1CCC(CC(C)C)C1.I. The molecule has 6 heteroatoms. The molecule has 0 aromatic carbocycles. The molecule has 1 saturated heterocycles. The van der Waals surface area contributed by atoms with Gasteiger partial charge in [0.2, 0.25) is 5.91 Å². The normalized spacial score (nSPS) is 18.4. The monoisotopic (exact) mass is 424 g/mol. The van der Waals surface area contributed by atoms with Gasteiger partial charge in [0.15, 0.2) is 5.96 Å². The fourth-order valence-electron chi connectivity index (χ4n) is 2.79. The molecule has 0 saturated carbocycles. The molecule has 1 fully saturated rings. The second kappa shape index (κ2) is 11.1. The summed E-state index contributed by atoms with van der Waals surface area (Å²) in [6.07, 6.45) is 3.01. The summed E-state index contributed by atoms with van der Waals surface area (Å²) in [7, 11) is 3.57. The Balaban J connectivity index is 0.00000441. The molecular formula is C16H33IN4O. The van der Waals surface area contributed by atoms with Crippen molar-refractivity contribution in [2.45, 2.75) is 40.0 Å². The van der Waals surface area contributed by atoms with Gasteiger partial charge in [0, 0.05) is 40.2 Å². The number of aliphatic imine (C=N–C) groups is 1. The molecule has 1 unspecified atom stereocenters. The number of guanidine groups is 1. The molecule has 1 aliphatic heterocycles. The molecule has 1 atom stereocenters. The van der Waals surface area contributed by atoms with Crippen LogP contribution in [-0.4, -0.2) is 61.9 Å². The highest BCUT2D eigenvalue weighted by Crippen LogP contribution is 2.23. The lowest BCUT2D eigenvalue weighted by atomic mass is 9.97. The maximum Gasteiger partial charge on any atom is 0.223 e. The minimum atomic E-state index is 0. The number of amides is 1. The fraction of sp³-hybridized carbons (Fsp3) is 0.875. The Hall–Kier alpha value is -0.530. The predicted molar refractivity (Wildman–Crippen MR) is 104 cm³/mol. The van der Waals surface area contributed by atoms with Gasteiger partial charge in [0.1, 0.15) is 0 Å². The van der Waals surface area contributed by atoms with Crippen LogP contribution in [0.25, 0.3) is 0 Å². The Kier molecular flexibility index (Phi) is 10.8. The number of carbonyl (C=O) groups is 1. The Bertz CT molecular complexity index is 358. The third kappa shape index (κ3) is 7.65. The third-order valence-corrected chi connectivity index (χ3v) is 3.81. The number of nitrogens with one attached hydrogen (secondary N) is 1. The number of hydrogen-bond acceptors (Lipinski definition) is 2. The van der Waals surface area contributed by atoms with Crippen molar-refractivity contribution < 1.29 is 4.79 Å². The first-order chi connectivity index (χ1) is 9.93. The Morgan fingerprint density at radius 3 is 2.64 bits per heavy atom. The lowest BCUT2D eigenvalue weighted by Gasteiger charge is -2.22. The maximum atomic E-state index is 11.6.